The molecule has 2 aliphatic heterocycles. The Hall–Kier alpha value is -1.39. The maximum atomic E-state index is 13.3. The first-order chi connectivity index (χ1) is 9.22. The van der Waals surface area contributed by atoms with E-state index in [-0.39, 0.29) is 18.0 Å². The van der Waals surface area contributed by atoms with Crippen LogP contribution in [0.5, 0.6) is 0 Å². The van der Waals surface area contributed by atoms with E-state index in [1.165, 1.54) is 16.5 Å². The van der Waals surface area contributed by atoms with Gasteiger partial charge in [-0.05, 0) is 47.7 Å². The summed E-state index contributed by atoms with van der Waals surface area (Å²) in [7, 11) is 0. The van der Waals surface area contributed by atoms with Crippen LogP contribution in [0.1, 0.15) is 28.5 Å². The standard InChI is InChI=1S/C15H14FNOS/c1-9-4-5-19-15(9)14-8-12-7-10-6-11(16)2-3-13(10)17(14)18-12/h2-6,12,14H,7-8H2,1H3. The zero-order chi connectivity index (χ0) is 13.0. The summed E-state index contributed by atoms with van der Waals surface area (Å²) in [6.07, 6.45) is 1.98. The fraction of sp³-hybridized carbons (Fsp3) is 0.333. The number of halogens is 1. The molecule has 3 heterocycles. The first kappa shape index (κ1) is 11.4. The number of hydroxylamine groups is 1. The lowest BCUT2D eigenvalue weighted by molar-refractivity contribution is 0.0734. The molecule has 0 radical (unpaired) electrons. The number of nitrogens with zero attached hydrogens (tertiary/aromatic N) is 1. The minimum absolute atomic E-state index is 0.162. The monoisotopic (exact) mass is 275 g/mol. The molecule has 1 fully saturated rings. The molecule has 0 aliphatic carbocycles. The molecule has 4 heteroatoms. The zero-order valence-corrected chi connectivity index (χ0v) is 11.4. The third-order valence-electron chi connectivity index (χ3n) is 3.96. The lowest BCUT2D eigenvalue weighted by Gasteiger charge is -2.29. The molecule has 0 amide bonds. The fourth-order valence-electron chi connectivity index (χ4n) is 3.08. The maximum Gasteiger partial charge on any atom is 0.123 e. The van der Waals surface area contributed by atoms with Crippen LogP contribution in [0.25, 0.3) is 0 Å². The van der Waals surface area contributed by atoms with Crippen molar-refractivity contribution in [2.45, 2.75) is 31.9 Å². The van der Waals surface area contributed by atoms with E-state index in [0.717, 1.165) is 24.1 Å². The van der Waals surface area contributed by atoms with Crippen molar-refractivity contribution >= 4 is 17.0 Å². The predicted molar refractivity (Wildman–Crippen MR) is 73.9 cm³/mol. The van der Waals surface area contributed by atoms with E-state index in [1.807, 2.05) is 11.1 Å². The van der Waals surface area contributed by atoms with Gasteiger partial charge in [-0.2, -0.15) is 0 Å². The van der Waals surface area contributed by atoms with Crippen molar-refractivity contribution < 1.29 is 9.23 Å². The van der Waals surface area contributed by atoms with Gasteiger partial charge in [0.05, 0.1) is 17.8 Å². The van der Waals surface area contributed by atoms with Crippen molar-refractivity contribution in [1.82, 2.24) is 0 Å². The van der Waals surface area contributed by atoms with Crippen molar-refractivity contribution in [2.24, 2.45) is 0 Å². The number of hydrogen-bond donors (Lipinski definition) is 0. The molecular formula is C15H14FNOS. The average Bonchev–Trinajstić information content (AvgIpc) is 2.94. The van der Waals surface area contributed by atoms with Gasteiger partial charge >= 0.3 is 0 Å². The molecule has 0 spiro atoms. The normalized spacial score (nSPS) is 24.6. The summed E-state index contributed by atoms with van der Waals surface area (Å²) in [6.45, 7) is 2.14. The topological polar surface area (TPSA) is 12.5 Å². The van der Waals surface area contributed by atoms with Crippen LogP contribution in [0.2, 0.25) is 0 Å². The van der Waals surface area contributed by atoms with E-state index in [4.69, 9.17) is 4.84 Å². The highest BCUT2D eigenvalue weighted by atomic mass is 32.1. The second-order valence-corrected chi connectivity index (χ2v) is 6.20. The first-order valence-corrected chi connectivity index (χ1v) is 7.39. The highest BCUT2D eigenvalue weighted by molar-refractivity contribution is 7.10. The summed E-state index contributed by atoms with van der Waals surface area (Å²) in [5.74, 6) is -0.162. The summed E-state index contributed by atoms with van der Waals surface area (Å²) in [5.41, 5.74) is 3.40. The lowest BCUT2D eigenvalue weighted by Crippen LogP contribution is -2.27. The summed E-state index contributed by atoms with van der Waals surface area (Å²) < 4.78 is 13.3. The minimum atomic E-state index is -0.162. The van der Waals surface area contributed by atoms with E-state index in [0.29, 0.717) is 0 Å². The number of aryl methyl sites for hydroxylation is 1. The van der Waals surface area contributed by atoms with E-state index >= 15 is 0 Å². The van der Waals surface area contributed by atoms with Gasteiger partial charge in [0.25, 0.3) is 0 Å². The highest BCUT2D eigenvalue weighted by Gasteiger charge is 2.41. The number of rotatable bonds is 1. The molecule has 1 aromatic carbocycles. The second-order valence-electron chi connectivity index (χ2n) is 5.25. The summed E-state index contributed by atoms with van der Waals surface area (Å²) >= 11 is 1.78. The number of thiophene rings is 1. The van der Waals surface area contributed by atoms with E-state index < -0.39 is 0 Å². The predicted octanol–water partition coefficient (Wildman–Crippen LogP) is 4.00. The molecule has 2 aromatic rings. The van der Waals surface area contributed by atoms with Crippen molar-refractivity contribution in [2.75, 3.05) is 5.06 Å². The molecule has 98 valence electrons. The molecule has 2 nitrogen and oxygen atoms in total. The average molecular weight is 275 g/mol. The van der Waals surface area contributed by atoms with Crippen LogP contribution < -0.4 is 5.06 Å². The van der Waals surface area contributed by atoms with E-state index in [9.17, 15) is 4.39 Å². The largest absolute Gasteiger partial charge is 0.269 e. The van der Waals surface area contributed by atoms with Crippen molar-refractivity contribution in [3.05, 3.63) is 51.5 Å². The minimum Gasteiger partial charge on any atom is -0.269 e. The van der Waals surface area contributed by atoms with Crippen LogP contribution in [0.4, 0.5) is 10.1 Å². The Morgan fingerprint density at radius 1 is 1.37 bits per heavy atom. The SMILES string of the molecule is Cc1ccsc1C1CC2Cc3cc(F)ccc3N1O2. The van der Waals surface area contributed by atoms with Crippen molar-refractivity contribution in [1.29, 1.82) is 0 Å². The molecule has 1 aromatic heterocycles. The summed E-state index contributed by atoms with van der Waals surface area (Å²) in [4.78, 5) is 7.33. The number of benzene rings is 1. The summed E-state index contributed by atoms with van der Waals surface area (Å²) in [6, 6.07) is 7.41. The number of hydrogen-bond acceptors (Lipinski definition) is 3. The molecule has 2 atom stereocenters. The zero-order valence-electron chi connectivity index (χ0n) is 10.6. The van der Waals surface area contributed by atoms with Crippen molar-refractivity contribution in [3.63, 3.8) is 0 Å². The van der Waals surface area contributed by atoms with Gasteiger partial charge in [0.1, 0.15) is 5.82 Å². The van der Waals surface area contributed by atoms with Gasteiger partial charge in [-0.3, -0.25) is 4.84 Å². The smallest absolute Gasteiger partial charge is 0.123 e. The van der Waals surface area contributed by atoms with Gasteiger partial charge in [0.2, 0.25) is 0 Å². The third-order valence-corrected chi connectivity index (χ3v) is 5.08. The van der Waals surface area contributed by atoms with Crippen LogP contribution in [0.3, 0.4) is 0 Å². The van der Waals surface area contributed by atoms with Crippen LogP contribution in [0, 0.1) is 12.7 Å². The molecule has 2 unspecified atom stereocenters. The molecule has 0 N–H and O–H groups in total. The maximum absolute atomic E-state index is 13.3. The molecule has 0 saturated carbocycles. The Balaban J connectivity index is 1.79. The van der Waals surface area contributed by atoms with E-state index in [1.54, 1.807) is 17.4 Å². The number of anilines is 1. The van der Waals surface area contributed by atoms with Gasteiger partial charge in [-0.15, -0.1) is 11.3 Å². The Morgan fingerprint density at radius 3 is 3.05 bits per heavy atom. The van der Waals surface area contributed by atoms with Crippen LogP contribution in [-0.4, -0.2) is 6.10 Å². The second kappa shape index (κ2) is 4.05. The Labute approximate surface area is 115 Å². The molecule has 4 rings (SSSR count). The lowest BCUT2D eigenvalue weighted by atomic mass is 10.0. The van der Waals surface area contributed by atoms with Gasteiger partial charge in [0, 0.05) is 17.7 Å². The Bertz CT molecular complexity index is 639. The van der Waals surface area contributed by atoms with Gasteiger partial charge in [0.15, 0.2) is 0 Å². The van der Waals surface area contributed by atoms with Crippen LogP contribution in [-0.2, 0) is 11.3 Å². The molecule has 1 saturated heterocycles. The first-order valence-electron chi connectivity index (χ1n) is 6.51. The van der Waals surface area contributed by atoms with Gasteiger partial charge in [-0.1, -0.05) is 0 Å². The van der Waals surface area contributed by atoms with Crippen molar-refractivity contribution in [3.8, 4) is 0 Å². The quantitative estimate of drug-likeness (QED) is 0.780. The fourth-order valence-corrected chi connectivity index (χ4v) is 4.11. The Kier molecular flexibility index (Phi) is 2.44. The molecule has 19 heavy (non-hydrogen) atoms. The molecule has 2 bridgehead atoms. The Morgan fingerprint density at radius 2 is 2.26 bits per heavy atom. The third kappa shape index (κ3) is 1.70. The highest BCUT2D eigenvalue weighted by Crippen LogP contribution is 2.46. The van der Waals surface area contributed by atoms with Crippen LogP contribution >= 0.6 is 11.3 Å². The molecule has 2 aliphatic rings. The van der Waals surface area contributed by atoms with Gasteiger partial charge in [-0.25, -0.2) is 9.45 Å². The van der Waals surface area contributed by atoms with Gasteiger partial charge < -0.3 is 0 Å². The molecular weight excluding hydrogens is 261 g/mol. The number of fused-ring (bicyclic) bond motifs is 4. The summed E-state index contributed by atoms with van der Waals surface area (Å²) in [5, 5.41) is 4.11. The van der Waals surface area contributed by atoms with Crippen LogP contribution in [0.15, 0.2) is 29.6 Å². The van der Waals surface area contributed by atoms with E-state index in [2.05, 4.69) is 18.4 Å².